The number of hydrogen-bond donors (Lipinski definition) is 1. The van der Waals surface area contributed by atoms with E-state index in [-0.39, 0.29) is 23.9 Å². The maximum absolute atomic E-state index is 12.0. The second-order valence-electron chi connectivity index (χ2n) is 5.09. The van der Waals surface area contributed by atoms with Gasteiger partial charge in [-0.3, -0.25) is 19.8 Å². The van der Waals surface area contributed by atoms with Gasteiger partial charge in [0.15, 0.2) is 0 Å². The minimum Gasteiger partial charge on any atom is -0.298 e. The first-order chi connectivity index (χ1) is 9.06. The number of likely N-dealkylation sites (tertiary alicyclic amines) is 1. The van der Waals surface area contributed by atoms with Crippen LogP contribution in [0, 0.1) is 2.88 Å². The largest absolute Gasteiger partial charge is 0.298 e. The third-order valence-electron chi connectivity index (χ3n) is 3.87. The van der Waals surface area contributed by atoms with Crippen molar-refractivity contribution in [2.75, 3.05) is 7.05 Å². The molecule has 1 saturated heterocycles. The highest BCUT2D eigenvalue weighted by atomic mass is 127. The molecule has 1 aliphatic carbocycles. The Bertz CT molecular complexity index is 543. The number of nitrogens with one attached hydrogen (secondary N) is 1. The van der Waals surface area contributed by atoms with Crippen LogP contribution in [-0.4, -0.2) is 29.8 Å². The Morgan fingerprint density at radius 1 is 1.42 bits per heavy atom. The molecular formula is C13H15IN2O2S. The Morgan fingerprint density at radius 3 is 2.89 bits per heavy atom. The predicted molar refractivity (Wildman–Crippen MR) is 82.0 cm³/mol. The first-order valence-electron chi connectivity index (χ1n) is 6.41. The van der Waals surface area contributed by atoms with Gasteiger partial charge in [0.1, 0.15) is 0 Å². The van der Waals surface area contributed by atoms with E-state index < -0.39 is 0 Å². The summed E-state index contributed by atoms with van der Waals surface area (Å²) in [7, 11) is 1.56. The fraction of sp³-hybridized carbons (Fsp3) is 0.538. The van der Waals surface area contributed by atoms with Gasteiger partial charge in [0.25, 0.3) is 0 Å². The lowest BCUT2D eigenvalue weighted by molar-refractivity contribution is -0.137. The van der Waals surface area contributed by atoms with Crippen LogP contribution in [0.4, 0.5) is 0 Å². The lowest BCUT2D eigenvalue weighted by Crippen LogP contribution is -2.40. The fourth-order valence-electron chi connectivity index (χ4n) is 2.82. The zero-order valence-corrected chi connectivity index (χ0v) is 13.6. The fourth-order valence-corrected chi connectivity index (χ4v) is 4.94. The second-order valence-corrected chi connectivity index (χ2v) is 8.12. The highest BCUT2D eigenvalue weighted by molar-refractivity contribution is 14.1. The molecule has 6 heteroatoms. The van der Waals surface area contributed by atoms with Crippen LogP contribution in [-0.2, 0) is 16.0 Å². The first kappa shape index (κ1) is 13.5. The van der Waals surface area contributed by atoms with Gasteiger partial charge in [0.2, 0.25) is 11.8 Å². The number of rotatable bonds is 2. The van der Waals surface area contributed by atoms with E-state index in [4.69, 9.17) is 0 Å². The van der Waals surface area contributed by atoms with Crippen LogP contribution in [0.3, 0.4) is 0 Å². The third-order valence-corrected chi connectivity index (χ3v) is 5.84. The molecule has 1 fully saturated rings. The molecule has 2 heterocycles. The molecule has 0 saturated carbocycles. The van der Waals surface area contributed by atoms with Crippen molar-refractivity contribution in [3.05, 3.63) is 19.4 Å². The standard InChI is InChI=1S/C13H15IN2O2S/c1-16-12(17)6-9(13(16)18)15-8-3-2-4-10-7(8)5-11(14)19-10/h5,8-9,15H,2-4,6H2,1H3. The van der Waals surface area contributed by atoms with Gasteiger partial charge in [-0.15, -0.1) is 11.3 Å². The van der Waals surface area contributed by atoms with E-state index in [9.17, 15) is 9.59 Å². The molecule has 0 bridgehead atoms. The van der Waals surface area contributed by atoms with E-state index in [1.807, 2.05) is 11.3 Å². The number of thiophene rings is 1. The monoisotopic (exact) mass is 390 g/mol. The summed E-state index contributed by atoms with van der Waals surface area (Å²) >= 11 is 4.19. The quantitative estimate of drug-likeness (QED) is 0.622. The van der Waals surface area contributed by atoms with E-state index in [0.29, 0.717) is 6.42 Å². The van der Waals surface area contributed by atoms with Crippen molar-refractivity contribution in [1.82, 2.24) is 10.2 Å². The van der Waals surface area contributed by atoms with E-state index >= 15 is 0 Å². The summed E-state index contributed by atoms with van der Waals surface area (Å²) in [5.41, 5.74) is 1.33. The number of fused-ring (bicyclic) bond motifs is 1. The topological polar surface area (TPSA) is 49.4 Å². The summed E-state index contributed by atoms with van der Waals surface area (Å²) in [4.78, 5) is 26.2. The summed E-state index contributed by atoms with van der Waals surface area (Å²) in [6.07, 6.45) is 3.62. The van der Waals surface area contributed by atoms with Gasteiger partial charge in [-0.25, -0.2) is 0 Å². The number of amides is 2. The van der Waals surface area contributed by atoms with Gasteiger partial charge in [-0.2, -0.15) is 0 Å². The molecule has 102 valence electrons. The SMILES string of the molecule is CN1C(=O)CC(NC2CCCc3sc(I)cc32)C1=O. The van der Waals surface area contributed by atoms with Crippen LogP contribution in [0.15, 0.2) is 6.07 Å². The molecule has 2 unspecified atom stereocenters. The van der Waals surface area contributed by atoms with E-state index in [0.717, 1.165) is 19.3 Å². The molecule has 0 spiro atoms. The summed E-state index contributed by atoms with van der Waals surface area (Å²) in [5, 5.41) is 3.39. The molecule has 1 aromatic rings. The zero-order chi connectivity index (χ0) is 13.6. The molecule has 2 aliphatic rings. The Balaban J connectivity index is 1.78. The molecule has 1 N–H and O–H groups in total. The van der Waals surface area contributed by atoms with Crippen molar-refractivity contribution in [2.45, 2.75) is 37.8 Å². The minimum absolute atomic E-state index is 0.0848. The summed E-state index contributed by atoms with van der Waals surface area (Å²) in [6, 6.07) is 2.09. The third kappa shape index (κ3) is 2.45. The molecular weight excluding hydrogens is 375 g/mol. The number of imide groups is 1. The van der Waals surface area contributed by atoms with Crippen molar-refractivity contribution in [3.63, 3.8) is 0 Å². The molecule has 4 nitrogen and oxygen atoms in total. The molecule has 3 rings (SSSR count). The number of carbonyl (C=O) groups excluding carboxylic acids is 2. The van der Waals surface area contributed by atoms with Crippen LogP contribution < -0.4 is 5.32 Å². The molecule has 1 aliphatic heterocycles. The minimum atomic E-state index is -0.342. The van der Waals surface area contributed by atoms with Crippen LogP contribution in [0.25, 0.3) is 0 Å². The van der Waals surface area contributed by atoms with Crippen LogP contribution >= 0.6 is 33.9 Å². The highest BCUT2D eigenvalue weighted by Gasteiger charge is 2.38. The summed E-state index contributed by atoms with van der Waals surface area (Å²) < 4.78 is 1.29. The van der Waals surface area contributed by atoms with Crippen molar-refractivity contribution in [3.8, 4) is 0 Å². The van der Waals surface area contributed by atoms with Gasteiger partial charge in [-0.1, -0.05) is 0 Å². The first-order valence-corrected chi connectivity index (χ1v) is 8.30. The molecule has 2 atom stereocenters. The summed E-state index contributed by atoms with van der Waals surface area (Å²) in [6.45, 7) is 0. The smallest absolute Gasteiger partial charge is 0.246 e. The molecule has 1 aromatic heterocycles. The Morgan fingerprint density at radius 2 is 2.21 bits per heavy atom. The predicted octanol–water partition coefficient (Wildman–Crippen LogP) is 2.08. The number of carbonyl (C=O) groups is 2. The average Bonchev–Trinajstić information content (AvgIpc) is 2.86. The van der Waals surface area contributed by atoms with Crippen LogP contribution in [0.5, 0.6) is 0 Å². The molecule has 0 aromatic carbocycles. The molecule has 2 amide bonds. The Labute approximate surface area is 129 Å². The van der Waals surface area contributed by atoms with Crippen molar-refractivity contribution in [1.29, 1.82) is 0 Å². The van der Waals surface area contributed by atoms with Gasteiger partial charge >= 0.3 is 0 Å². The molecule has 19 heavy (non-hydrogen) atoms. The number of likely N-dealkylation sites (N-methyl/N-ethyl adjacent to an activating group) is 1. The molecule has 0 radical (unpaired) electrons. The van der Waals surface area contributed by atoms with Crippen LogP contribution in [0.1, 0.15) is 35.7 Å². The van der Waals surface area contributed by atoms with E-state index in [1.165, 1.54) is 18.2 Å². The maximum Gasteiger partial charge on any atom is 0.246 e. The number of aryl methyl sites for hydroxylation is 1. The van der Waals surface area contributed by atoms with Gasteiger partial charge in [0, 0.05) is 18.0 Å². The Kier molecular flexibility index (Phi) is 3.65. The van der Waals surface area contributed by atoms with Gasteiger partial charge in [-0.05, 0) is 53.5 Å². The lowest BCUT2D eigenvalue weighted by Gasteiger charge is -2.26. The van der Waals surface area contributed by atoms with Crippen molar-refractivity contribution in [2.24, 2.45) is 0 Å². The maximum atomic E-state index is 12.0. The van der Waals surface area contributed by atoms with Crippen molar-refractivity contribution < 1.29 is 9.59 Å². The lowest BCUT2D eigenvalue weighted by atomic mass is 9.93. The average molecular weight is 390 g/mol. The van der Waals surface area contributed by atoms with Gasteiger partial charge in [0.05, 0.1) is 15.3 Å². The van der Waals surface area contributed by atoms with Gasteiger partial charge < -0.3 is 0 Å². The number of hydrogen-bond acceptors (Lipinski definition) is 4. The second kappa shape index (κ2) is 5.14. The summed E-state index contributed by atoms with van der Waals surface area (Å²) in [5.74, 6) is -0.180. The van der Waals surface area contributed by atoms with E-state index in [2.05, 4.69) is 34.0 Å². The van der Waals surface area contributed by atoms with E-state index in [1.54, 1.807) is 7.05 Å². The number of halogens is 1. The van der Waals surface area contributed by atoms with Crippen LogP contribution in [0.2, 0.25) is 0 Å². The Hall–Kier alpha value is -0.470. The highest BCUT2D eigenvalue weighted by Crippen LogP contribution is 2.36. The van der Waals surface area contributed by atoms with Crippen molar-refractivity contribution >= 4 is 45.7 Å². The zero-order valence-electron chi connectivity index (χ0n) is 10.6. The number of nitrogens with zero attached hydrogens (tertiary/aromatic N) is 1. The normalized spacial score (nSPS) is 26.9.